The number of anilines is 2. The average molecular weight is 395 g/mol. The maximum absolute atomic E-state index is 12.9. The molecule has 6 nitrogen and oxygen atoms in total. The van der Waals surface area contributed by atoms with Gasteiger partial charge in [0.15, 0.2) is 0 Å². The van der Waals surface area contributed by atoms with Gasteiger partial charge in [0.25, 0.3) is 5.91 Å². The summed E-state index contributed by atoms with van der Waals surface area (Å²) in [6, 6.07) is 11.2. The van der Waals surface area contributed by atoms with Gasteiger partial charge in [-0.1, -0.05) is 23.7 Å². The highest BCUT2D eigenvalue weighted by Crippen LogP contribution is 2.34. The Kier molecular flexibility index (Phi) is 4.18. The van der Waals surface area contributed by atoms with Crippen LogP contribution >= 0.6 is 11.6 Å². The van der Waals surface area contributed by atoms with Gasteiger partial charge < -0.3 is 14.9 Å². The summed E-state index contributed by atoms with van der Waals surface area (Å²) in [7, 11) is 0. The van der Waals surface area contributed by atoms with Crippen molar-refractivity contribution in [2.45, 2.75) is 18.6 Å². The van der Waals surface area contributed by atoms with Crippen LogP contribution in [0, 0.1) is 0 Å². The van der Waals surface area contributed by atoms with Crippen molar-refractivity contribution in [1.82, 2.24) is 4.98 Å². The first-order valence-corrected chi connectivity index (χ1v) is 9.71. The van der Waals surface area contributed by atoms with E-state index in [1.165, 1.54) is 0 Å². The quantitative estimate of drug-likeness (QED) is 0.869. The second-order valence-corrected chi connectivity index (χ2v) is 7.76. The van der Waals surface area contributed by atoms with Crippen LogP contribution in [0.25, 0.3) is 0 Å². The van der Waals surface area contributed by atoms with E-state index >= 15 is 0 Å². The SMILES string of the molecule is O=C1C2=N[C@@H](c3ccc(Cl)cc3)C=C2CN1c1ccc(N2CCC(O)C2)nc1. The minimum Gasteiger partial charge on any atom is -0.391 e. The fraction of sp³-hybridized carbons (Fsp3) is 0.286. The molecule has 7 heteroatoms. The van der Waals surface area contributed by atoms with Crippen molar-refractivity contribution >= 4 is 34.7 Å². The van der Waals surface area contributed by atoms with Crippen LogP contribution in [-0.4, -0.2) is 47.4 Å². The Balaban J connectivity index is 1.33. The van der Waals surface area contributed by atoms with Crippen LogP contribution in [0.1, 0.15) is 18.0 Å². The van der Waals surface area contributed by atoms with Gasteiger partial charge >= 0.3 is 0 Å². The van der Waals surface area contributed by atoms with E-state index in [4.69, 9.17) is 11.6 Å². The molecule has 2 aromatic rings. The third-order valence-corrected chi connectivity index (χ3v) is 5.70. The van der Waals surface area contributed by atoms with E-state index in [2.05, 4.69) is 14.9 Å². The zero-order valence-corrected chi connectivity index (χ0v) is 15.9. The van der Waals surface area contributed by atoms with Crippen molar-refractivity contribution in [3.05, 3.63) is 64.8 Å². The van der Waals surface area contributed by atoms with Crippen LogP contribution in [0.4, 0.5) is 11.5 Å². The van der Waals surface area contributed by atoms with Gasteiger partial charge in [-0.3, -0.25) is 9.79 Å². The molecule has 28 heavy (non-hydrogen) atoms. The lowest BCUT2D eigenvalue weighted by molar-refractivity contribution is -0.111. The van der Waals surface area contributed by atoms with E-state index in [-0.39, 0.29) is 18.1 Å². The Morgan fingerprint density at radius 2 is 1.96 bits per heavy atom. The molecule has 1 aromatic heterocycles. The molecule has 0 bridgehead atoms. The van der Waals surface area contributed by atoms with Gasteiger partial charge in [0, 0.05) is 23.7 Å². The number of aliphatic hydroxyl groups is 1. The molecule has 0 aliphatic carbocycles. The summed E-state index contributed by atoms with van der Waals surface area (Å²) in [6.07, 6.45) is 4.23. The smallest absolute Gasteiger partial charge is 0.277 e. The predicted molar refractivity (Wildman–Crippen MR) is 109 cm³/mol. The highest BCUT2D eigenvalue weighted by molar-refractivity contribution is 6.53. The number of aliphatic hydroxyl groups excluding tert-OH is 1. The van der Waals surface area contributed by atoms with Crippen molar-refractivity contribution in [1.29, 1.82) is 0 Å². The molecular weight excluding hydrogens is 376 g/mol. The summed E-state index contributed by atoms with van der Waals surface area (Å²) in [5.74, 6) is 0.736. The molecule has 0 saturated carbocycles. The molecule has 4 heterocycles. The second-order valence-electron chi connectivity index (χ2n) is 7.32. The molecule has 1 aromatic carbocycles. The van der Waals surface area contributed by atoms with Gasteiger partial charge in [-0.05, 0) is 42.3 Å². The Labute approximate surface area is 167 Å². The maximum atomic E-state index is 12.9. The van der Waals surface area contributed by atoms with E-state index < -0.39 is 0 Å². The van der Waals surface area contributed by atoms with Gasteiger partial charge in [-0.2, -0.15) is 0 Å². The number of benzene rings is 1. The Morgan fingerprint density at radius 3 is 2.61 bits per heavy atom. The van der Waals surface area contributed by atoms with Crippen molar-refractivity contribution in [3.63, 3.8) is 0 Å². The summed E-state index contributed by atoms with van der Waals surface area (Å²) < 4.78 is 0. The molecule has 1 unspecified atom stereocenters. The number of hydrogen-bond donors (Lipinski definition) is 1. The Hall–Kier alpha value is -2.70. The van der Waals surface area contributed by atoms with Crippen LogP contribution in [-0.2, 0) is 4.79 Å². The van der Waals surface area contributed by atoms with Crippen molar-refractivity contribution in [2.75, 3.05) is 29.4 Å². The van der Waals surface area contributed by atoms with Crippen molar-refractivity contribution < 1.29 is 9.90 Å². The van der Waals surface area contributed by atoms with E-state index in [1.807, 2.05) is 42.5 Å². The molecule has 1 N–H and O–H groups in total. The Morgan fingerprint density at radius 1 is 1.14 bits per heavy atom. The predicted octanol–water partition coefficient (Wildman–Crippen LogP) is 2.77. The monoisotopic (exact) mass is 394 g/mol. The van der Waals surface area contributed by atoms with Crippen LogP contribution < -0.4 is 9.80 Å². The molecule has 2 fully saturated rings. The van der Waals surface area contributed by atoms with E-state index in [0.29, 0.717) is 23.8 Å². The van der Waals surface area contributed by atoms with Gasteiger partial charge in [-0.25, -0.2) is 4.98 Å². The third-order valence-electron chi connectivity index (χ3n) is 5.45. The first-order valence-electron chi connectivity index (χ1n) is 9.34. The molecule has 0 spiro atoms. The number of halogens is 1. The number of aliphatic imine (C=N–C) groups is 1. The molecule has 2 saturated heterocycles. The highest BCUT2D eigenvalue weighted by Gasteiger charge is 2.37. The number of hydrogen-bond acceptors (Lipinski definition) is 5. The fourth-order valence-corrected chi connectivity index (χ4v) is 4.06. The molecule has 0 radical (unpaired) electrons. The minimum absolute atomic E-state index is 0.0890. The molecule has 2 atom stereocenters. The molecule has 5 rings (SSSR count). The molecule has 3 aliphatic heterocycles. The highest BCUT2D eigenvalue weighted by atomic mass is 35.5. The maximum Gasteiger partial charge on any atom is 0.277 e. The summed E-state index contributed by atoms with van der Waals surface area (Å²) in [4.78, 5) is 25.7. The summed E-state index contributed by atoms with van der Waals surface area (Å²) >= 11 is 5.95. The average Bonchev–Trinajstić information content (AvgIpc) is 3.39. The second kappa shape index (κ2) is 6.72. The number of nitrogens with zero attached hydrogens (tertiary/aromatic N) is 4. The van der Waals surface area contributed by atoms with E-state index in [9.17, 15) is 9.90 Å². The molecule has 142 valence electrons. The zero-order valence-electron chi connectivity index (χ0n) is 15.1. The van der Waals surface area contributed by atoms with E-state index in [1.54, 1.807) is 11.1 Å². The topological polar surface area (TPSA) is 69.0 Å². The zero-order chi connectivity index (χ0) is 19.3. The van der Waals surface area contributed by atoms with Crippen LogP contribution in [0.5, 0.6) is 0 Å². The van der Waals surface area contributed by atoms with Gasteiger partial charge in [0.2, 0.25) is 0 Å². The van der Waals surface area contributed by atoms with Gasteiger partial charge in [0.05, 0.1) is 30.6 Å². The summed E-state index contributed by atoms with van der Waals surface area (Å²) in [5, 5.41) is 10.4. The lowest BCUT2D eigenvalue weighted by Crippen LogP contribution is -2.28. The lowest BCUT2D eigenvalue weighted by Gasteiger charge is -2.19. The number of fused-ring (bicyclic) bond motifs is 1. The largest absolute Gasteiger partial charge is 0.391 e. The fourth-order valence-electron chi connectivity index (χ4n) is 3.93. The normalized spacial score (nSPS) is 23.9. The number of β-amino-alcohol motifs (C(OH)–C–C–N with tert-alkyl or cyclic N) is 1. The minimum atomic E-state index is -0.292. The molecule has 1 amide bonds. The van der Waals surface area contributed by atoms with Gasteiger partial charge in [-0.15, -0.1) is 0 Å². The standard InChI is InChI=1S/C21H19ClN4O2/c22-15-3-1-13(2-4-15)18-9-14-11-26(21(28)20(14)24-18)16-5-6-19(23-10-16)25-8-7-17(27)12-25/h1-6,9-10,17-18,27H,7-8,11-12H2/t17?,18-/m1/s1. The third kappa shape index (κ3) is 2.99. The number of carbonyl (C=O) groups excluding carboxylic acids is 1. The van der Waals surface area contributed by atoms with Crippen LogP contribution in [0.2, 0.25) is 5.02 Å². The van der Waals surface area contributed by atoms with Crippen molar-refractivity contribution in [2.24, 2.45) is 4.99 Å². The first-order chi connectivity index (χ1) is 13.6. The number of amides is 1. The number of rotatable bonds is 3. The number of carbonyl (C=O) groups is 1. The number of pyridine rings is 1. The van der Waals surface area contributed by atoms with Gasteiger partial charge in [0.1, 0.15) is 11.5 Å². The lowest BCUT2D eigenvalue weighted by atomic mass is 10.1. The molecule has 3 aliphatic rings. The van der Waals surface area contributed by atoms with Crippen molar-refractivity contribution in [3.8, 4) is 0 Å². The molecular formula is C21H19ClN4O2. The van der Waals surface area contributed by atoms with Crippen LogP contribution in [0.3, 0.4) is 0 Å². The number of aromatic nitrogens is 1. The van der Waals surface area contributed by atoms with E-state index in [0.717, 1.165) is 35.6 Å². The summed E-state index contributed by atoms with van der Waals surface area (Å²) in [5.41, 5.74) is 3.27. The first kappa shape index (κ1) is 17.4. The Bertz CT molecular complexity index is 984. The summed E-state index contributed by atoms with van der Waals surface area (Å²) in [6.45, 7) is 1.90. The van der Waals surface area contributed by atoms with Crippen LogP contribution in [0.15, 0.2) is 59.2 Å².